The number of aryl methyl sites for hydroxylation is 1. The van der Waals surface area contributed by atoms with Crippen molar-refractivity contribution >= 4 is 0 Å². The van der Waals surface area contributed by atoms with E-state index < -0.39 is 0 Å². The number of hydrogen-bond acceptors (Lipinski definition) is 2. The number of aromatic hydroxyl groups is 2. The van der Waals surface area contributed by atoms with Gasteiger partial charge in [-0.3, -0.25) is 0 Å². The summed E-state index contributed by atoms with van der Waals surface area (Å²) in [4.78, 5) is 0. The SMILES string of the molecule is Cc1cc(C(C)(C)c2cccc(O)c2)ccc1O. The summed E-state index contributed by atoms with van der Waals surface area (Å²) in [6, 6.07) is 12.9. The van der Waals surface area contributed by atoms with Crippen LogP contribution in [0.2, 0.25) is 0 Å². The van der Waals surface area contributed by atoms with Crippen molar-refractivity contribution in [3.8, 4) is 11.5 Å². The fourth-order valence-corrected chi connectivity index (χ4v) is 2.11. The van der Waals surface area contributed by atoms with E-state index in [1.807, 2.05) is 31.2 Å². The normalized spacial score (nSPS) is 11.5. The molecule has 0 saturated carbocycles. The van der Waals surface area contributed by atoms with Crippen LogP contribution >= 0.6 is 0 Å². The summed E-state index contributed by atoms with van der Waals surface area (Å²) in [7, 11) is 0. The lowest BCUT2D eigenvalue weighted by Crippen LogP contribution is -2.18. The maximum absolute atomic E-state index is 9.58. The molecular formula is C16H18O2. The van der Waals surface area contributed by atoms with Gasteiger partial charge in [-0.2, -0.15) is 0 Å². The van der Waals surface area contributed by atoms with Gasteiger partial charge in [-0.1, -0.05) is 38.1 Å². The van der Waals surface area contributed by atoms with E-state index >= 15 is 0 Å². The molecule has 0 saturated heterocycles. The van der Waals surface area contributed by atoms with E-state index in [1.165, 1.54) is 0 Å². The van der Waals surface area contributed by atoms with Crippen molar-refractivity contribution < 1.29 is 10.2 Å². The van der Waals surface area contributed by atoms with Crippen LogP contribution in [0.1, 0.15) is 30.5 Å². The number of hydrogen-bond donors (Lipinski definition) is 2. The Kier molecular flexibility index (Phi) is 3.04. The van der Waals surface area contributed by atoms with Crippen molar-refractivity contribution in [1.82, 2.24) is 0 Å². The quantitative estimate of drug-likeness (QED) is 0.842. The molecule has 2 nitrogen and oxygen atoms in total. The Morgan fingerprint density at radius 1 is 0.889 bits per heavy atom. The second kappa shape index (κ2) is 4.37. The van der Waals surface area contributed by atoms with E-state index in [0.717, 1.165) is 16.7 Å². The maximum atomic E-state index is 9.58. The van der Waals surface area contributed by atoms with Crippen LogP contribution in [0.4, 0.5) is 0 Å². The molecular weight excluding hydrogens is 224 g/mol. The zero-order valence-electron chi connectivity index (χ0n) is 10.9. The minimum absolute atomic E-state index is 0.211. The van der Waals surface area contributed by atoms with Crippen molar-refractivity contribution in [1.29, 1.82) is 0 Å². The maximum Gasteiger partial charge on any atom is 0.118 e. The standard InChI is InChI=1S/C16H18O2/c1-11-9-13(7-8-15(11)18)16(2,3)12-5-4-6-14(17)10-12/h4-10,17-18H,1-3H3. The molecule has 0 aliphatic carbocycles. The van der Waals surface area contributed by atoms with Crippen molar-refractivity contribution in [3.05, 3.63) is 59.2 Å². The monoisotopic (exact) mass is 242 g/mol. The van der Waals surface area contributed by atoms with Crippen molar-refractivity contribution in [2.24, 2.45) is 0 Å². The minimum atomic E-state index is -0.211. The number of benzene rings is 2. The van der Waals surface area contributed by atoms with Crippen LogP contribution in [0.3, 0.4) is 0 Å². The van der Waals surface area contributed by atoms with E-state index in [4.69, 9.17) is 0 Å². The topological polar surface area (TPSA) is 40.5 Å². The van der Waals surface area contributed by atoms with Crippen LogP contribution in [0, 0.1) is 6.92 Å². The van der Waals surface area contributed by atoms with Gasteiger partial charge in [0, 0.05) is 5.41 Å². The molecule has 0 aliphatic heterocycles. The average molecular weight is 242 g/mol. The lowest BCUT2D eigenvalue weighted by Gasteiger charge is -2.26. The zero-order valence-corrected chi connectivity index (χ0v) is 10.9. The third-order valence-electron chi connectivity index (χ3n) is 3.49. The first-order valence-electron chi connectivity index (χ1n) is 6.01. The second-order valence-electron chi connectivity index (χ2n) is 5.18. The Hall–Kier alpha value is -1.96. The van der Waals surface area contributed by atoms with E-state index in [-0.39, 0.29) is 11.2 Å². The third kappa shape index (κ3) is 2.19. The Morgan fingerprint density at radius 2 is 1.56 bits per heavy atom. The highest BCUT2D eigenvalue weighted by Gasteiger charge is 2.23. The summed E-state index contributed by atoms with van der Waals surface area (Å²) < 4.78 is 0. The molecule has 0 aliphatic rings. The Balaban J connectivity index is 2.50. The summed E-state index contributed by atoms with van der Waals surface area (Å²) in [5.41, 5.74) is 2.81. The average Bonchev–Trinajstić information content (AvgIpc) is 2.32. The molecule has 2 heteroatoms. The lowest BCUT2D eigenvalue weighted by molar-refractivity contribution is 0.468. The van der Waals surface area contributed by atoms with E-state index in [1.54, 1.807) is 18.2 Å². The van der Waals surface area contributed by atoms with Gasteiger partial charge in [-0.15, -0.1) is 0 Å². The largest absolute Gasteiger partial charge is 0.508 e. The highest BCUT2D eigenvalue weighted by molar-refractivity contribution is 5.44. The van der Waals surface area contributed by atoms with Crippen LogP contribution in [0.5, 0.6) is 11.5 Å². The molecule has 2 N–H and O–H groups in total. The van der Waals surface area contributed by atoms with Gasteiger partial charge in [0.05, 0.1) is 0 Å². The van der Waals surface area contributed by atoms with Gasteiger partial charge >= 0.3 is 0 Å². The fraction of sp³-hybridized carbons (Fsp3) is 0.250. The summed E-state index contributed by atoms with van der Waals surface area (Å²) in [6.45, 7) is 6.10. The highest BCUT2D eigenvalue weighted by atomic mass is 16.3. The van der Waals surface area contributed by atoms with Crippen molar-refractivity contribution in [3.63, 3.8) is 0 Å². The van der Waals surface area contributed by atoms with Crippen LogP contribution in [-0.2, 0) is 5.41 Å². The molecule has 94 valence electrons. The first-order chi connectivity index (χ1) is 8.41. The molecule has 0 atom stereocenters. The van der Waals surface area contributed by atoms with Crippen LogP contribution in [0.25, 0.3) is 0 Å². The van der Waals surface area contributed by atoms with Crippen molar-refractivity contribution in [2.45, 2.75) is 26.2 Å². The van der Waals surface area contributed by atoms with E-state index in [2.05, 4.69) is 13.8 Å². The van der Waals surface area contributed by atoms with Gasteiger partial charge in [0.15, 0.2) is 0 Å². The smallest absolute Gasteiger partial charge is 0.118 e. The van der Waals surface area contributed by atoms with Gasteiger partial charge in [0.2, 0.25) is 0 Å². The van der Waals surface area contributed by atoms with Gasteiger partial charge in [-0.25, -0.2) is 0 Å². The third-order valence-corrected chi connectivity index (χ3v) is 3.49. The first kappa shape index (κ1) is 12.5. The van der Waals surface area contributed by atoms with Gasteiger partial charge in [0.25, 0.3) is 0 Å². The van der Waals surface area contributed by atoms with Gasteiger partial charge in [0.1, 0.15) is 11.5 Å². The van der Waals surface area contributed by atoms with Crippen LogP contribution < -0.4 is 0 Å². The summed E-state index contributed by atoms with van der Waals surface area (Å²) >= 11 is 0. The predicted octanol–water partition coefficient (Wildman–Crippen LogP) is 3.73. The molecule has 2 rings (SSSR count). The summed E-state index contributed by atoms with van der Waals surface area (Å²) in [6.07, 6.45) is 0. The summed E-state index contributed by atoms with van der Waals surface area (Å²) in [5.74, 6) is 0.585. The van der Waals surface area contributed by atoms with Crippen LogP contribution in [-0.4, -0.2) is 10.2 Å². The van der Waals surface area contributed by atoms with Gasteiger partial charge < -0.3 is 10.2 Å². The predicted molar refractivity (Wildman–Crippen MR) is 73.1 cm³/mol. The highest BCUT2D eigenvalue weighted by Crippen LogP contribution is 2.34. The number of phenols is 2. The second-order valence-corrected chi connectivity index (χ2v) is 5.18. The fourth-order valence-electron chi connectivity index (χ4n) is 2.11. The molecule has 0 fully saturated rings. The molecule has 0 heterocycles. The molecule has 18 heavy (non-hydrogen) atoms. The Labute approximate surface area is 108 Å². The molecule has 2 aromatic carbocycles. The summed E-state index contributed by atoms with van der Waals surface area (Å²) in [5, 5.41) is 19.2. The van der Waals surface area contributed by atoms with Crippen LogP contribution in [0.15, 0.2) is 42.5 Å². The van der Waals surface area contributed by atoms with Gasteiger partial charge in [-0.05, 0) is 41.8 Å². The Morgan fingerprint density at radius 3 is 2.17 bits per heavy atom. The van der Waals surface area contributed by atoms with E-state index in [0.29, 0.717) is 5.75 Å². The Bertz CT molecular complexity index is 571. The number of rotatable bonds is 2. The number of phenolic OH excluding ortho intramolecular Hbond substituents is 2. The lowest BCUT2D eigenvalue weighted by atomic mass is 9.77. The molecule has 0 unspecified atom stereocenters. The molecule has 0 aromatic heterocycles. The van der Waals surface area contributed by atoms with E-state index in [9.17, 15) is 10.2 Å². The molecule has 0 bridgehead atoms. The first-order valence-corrected chi connectivity index (χ1v) is 6.01. The minimum Gasteiger partial charge on any atom is -0.508 e. The molecule has 0 spiro atoms. The zero-order chi connectivity index (χ0) is 13.3. The molecule has 2 aromatic rings. The molecule has 0 amide bonds. The van der Waals surface area contributed by atoms with Crippen molar-refractivity contribution in [2.75, 3.05) is 0 Å². The molecule has 0 radical (unpaired) electrons.